The number of nitrogens with zero attached hydrogens (tertiary/aromatic N) is 1. The maximum atomic E-state index is 12.7. The second-order valence-electron chi connectivity index (χ2n) is 6.49. The predicted molar refractivity (Wildman–Crippen MR) is 97.1 cm³/mol. The number of halogens is 1. The Morgan fingerprint density at radius 3 is 2.59 bits per heavy atom. The van der Waals surface area contributed by atoms with E-state index >= 15 is 0 Å². The van der Waals surface area contributed by atoms with Crippen molar-refractivity contribution in [1.82, 2.24) is 9.62 Å². The van der Waals surface area contributed by atoms with E-state index in [1.165, 1.54) is 29.4 Å². The summed E-state index contributed by atoms with van der Waals surface area (Å²) in [7, 11) is -3.78. The summed E-state index contributed by atoms with van der Waals surface area (Å²) in [6, 6.07) is 4.00. The summed E-state index contributed by atoms with van der Waals surface area (Å²) in [4.78, 5) is 24.3. The number of ether oxygens (including phenoxy) is 2. The van der Waals surface area contributed by atoms with Crippen LogP contribution in [-0.4, -0.2) is 63.0 Å². The summed E-state index contributed by atoms with van der Waals surface area (Å²) >= 11 is 6.05. The van der Waals surface area contributed by atoms with Crippen molar-refractivity contribution in [3.05, 3.63) is 28.8 Å². The molecule has 148 valence electrons. The van der Waals surface area contributed by atoms with E-state index in [0.29, 0.717) is 13.2 Å². The second-order valence-corrected chi connectivity index (χ2v) is 8.83. The minimum Gasteiger partial charge on any atom is -0.449 e. The zero-order valence-corrected chi connectivity index (χ0v) is 16.4. The number of carbonyl (C=O) groups excluding carboxylic acids is 2. The Morgan fingerprint density at radius 1 is 1.30 bits per heavy atom. The van der Waals surface area contributed by atoms with Crippen LogP contribution >= 0.6 is 11.6 Å². The van der Waals surface area contributed by atoms with E-state index in [1.807, 2.05) is 0 Å². The lowest BCUT2D eigenvalue weighted by Crippen LogP contribution is -2.40. The number of nitrogens with one attached hydrogen (secondary N) is 1. The lowest BCUT2D eigenvalue weighted by Gasteiger charge is -2.26. The van der Waals surface area contributed by atoms with Crippen LogP contribution in [0.3, 0.4) is 0 Å². The number of hydrogen-bond donors (Lipinski definition) is 1. The molecule has 0 aromatic heterocycles. The molecule has 1 atom stereocenters. The summed E-state index contributed by atoms with van der Waals surface area (Å²) in [5.41, 5.74) is -0.0999. The number of esters is 1. The van der Waals surface area contributed by atoms with Gasteiger partial charge in [-0.2, -0.15) is 4.31 Å². The van der Waals surface area contributed by atoms with Crippen LogP contribution in [0.4, 0.5) is 0 Å². The number of carbonyl (C=O) groups is 2. The highest BCUT2D eigenvalue weighted by Crippen LogP contribution is 2.25. The highest BCUT2D eigenvalue weighted by Gasteiger charge is 2.30. The molecule has 1 aromatic rings. The molecule has 0 spiro atoms. The molecule has 1 amide bonds. The van der Waals surface area contributed by atoms with E-state index < -0.39 is 22.1 Å². The van der Waals surface area contributed by atoms with Gasteiger partial charge in [0.15, 0.2) is 6.10 Å². The molecule has 2 aliphatic rings. The summed E-state index contributed by atoms with van der Waals surface area (Å²) in [5.74, 6) is -1.24. The van der Waals surface area contributed by atoms with Crippen molar-refractivity contribution >= 4 is 33.5 Å². The van der Waals surface area contributed by atoms with E-state index in [4.69, 9.17) is 21.1 Å². The van der Waals surface area contributed by atoms with E-state index in [0.717, 1.165) is 12.8 Å². The van der Waals surface area contributed by atoms with Crippen molar-refractivity contribution < 1.29 is 27.5 Å². The Bertz CT molecular complexity index is 834. The molecule has 1 aliphatic carbocycles. The van der Waals surface area contributed by atoms with Crippen LogP contribution in [0.5, 0.6) is 0 Å². The van der Waals surface area contributed by atoms with Crippen LogP contribution in [0.15, 0.2) is 23.1 Å². The molecule has 10 heteroatoms. The number of sulfonamides is 1. The van der Waals surface area contributed by atoms with Gasteiger partial charge in [-0.1, -0.05) is 11.6 Å². The predicted octanol–water partition coefficient (Wildman–Crippen LogP) is 1.18. The topological polar surface area (TPSA) is 102 Å². The molecule has 1 aromatic carbocycles. The number of rotatable bonds is 6. The zero-order chi connectivity index (χ0) is 19.6. The Hall–Kier alpha value is -1.68. The van der Waals surface area contributed by atoms with Crippen molar-refractivity contribution in [2.75, 3.05) is 26.3 Å². The van der Waals surface area contributed by atoms with Gasteiger partial charge in [-0.3, -0.25) is 4.79 Å². The molecule has 1 aliphatic heterocycles. The van der Waals surface area contributed by atoms with Crippen LogP contribution in [0, 0.1) is 0 Å². The van der Waals surface area contributed by atoms with Gasteiger partial charge in [-0.25, -0.2) is 13.2 Å². The smallest absolute Gasteiger partial charge is 0.340 e. The highest BCUT2D eigenvalue weighted by atomic mass is 35.5. The molecule has 3 rings (SSSR count). The van der Waals surface area contributed by atoms with Crippen LogP contribution in [0.2, 0.25) is 5.02 Å². The van der Waals surface area contributed by atoms with Gasteiger partial charge in [0, 0.05) is 19.1 Å². The average Bonchev–Trinajstić information content (AvgIpc) is 3.46. The SMILES string of the molecule is C[C@@H](OC(=O)c1cc(S(=O)(=O)N2CCOCC2)ccc1Cl)C(=O)NC1CC1. The first-order valence-electron chi connectivity index (χ1n) is 8.68. The maximum Gasteiger partial charge on any atom is 0.340 e. The third-order valence-corrected chi connectivity index (χ3v) is 6.57. The fourth-order valence-corrected chi connectivity index (χ4v) is 4.21. The third kappa shape index (κ3) is 4.78. The van der Waals surface area contributed by atoms with Gasteiger partial charge in [-0.15, -0.1) is 0 Å². The largest absolute Gasteiger partial charge is 0.449 e. The fraction of sp³-hybridized carbons (Fsp3) is 0.529. The molecule has 1 heterocycles. The molecule has 1 saturated carbocycles. The molecule has 8 nitrogen and oxygen atoms in total. The molecule has 1 N–H and O–H groups in total. The molecule has 2 fully saturated rings. The Kier molecular flexibility index (Phi) is 6.05. The van der Waals surface area contributed by atoms with Crippen molar-refractivity contribution in [3.63, 3.8) is 0 Å². The zero-order valence-electron chi connectivity index (χ0n) is 14.8. The highest BCUT2D eigenvalue weighted by molar-refractivity contribution is 7.89. The maximum absolute atomic E-state index is 12.7. The van der Waals surface area contributed by atoms with Crippen molar-refractivity contribution in [2.45, 2.75) is 36.8 Å². The van der Waals surface area contributed by atoms with Crippen LogP contribution in [0.1, 0.15) is 30.1 Å². The molecule has 0 unspecified atom stereocenters. The number of morpholine rings is 1. The van der Waals surface area contributed by atoms with Crippen molar-refractivity contribution in [2.24, 2.45) is 0 Å². The lowest BCUT2D eigenvalue weighted by atomic mass is 10.2. The Balaban J connectivity index is 1.75. The van der Waals surface area contributed by atoms with Crippen LogP contribution < -0.4 is 5.32 Å². The molecule has 0 bridgehead atoms. The van der Waals surface area contributed by atoms with Gasteiger partial charge in [0.1, 0.15) is 0 Å². The first kappa shape index (κ1) is 20.1. The average molecular weight is 417 g/mol. The lowest BCUT2D eigenvalue weighted by molar-refractivity contribution is -0.129. The van der Waals surface area contributed by atoms with Crippen molar-refractivity contribution in [3.8, 4) is 0 Å². The minimum absolute atomic E-state index is 0.0516. The van der Waals surface area contributed by atoms with E-state index in [2.05, 4.69) is 5.32 Å². The van der Waals surface area contributed by atoms with E-state index in [9.17, 15) is 18.0 Å². The summed E-state index contributed by atoms with van der Waals surface area (Å²) in [6.45, 7) is 2.56. The molecule has 27 heavy (non-hydrogen) atoms. The first-order valence-corrected chi connectivity index (χ1v) is 10.5. The quantitative estimate of drug-likeness (QED) is 0.699. The second kappa shape index (κ2) is 8.14. The van der Waals surface area contributed by atoms with E-state index in [-0.39, 0.29) is 40.5 Å². The number of hydrogen-bond acceptors (Lipinski definition) is 6. The van der Waals surface area contributed by atoms with Gasteiger partial charge < -0.3 is 14.8 Å². The number of benzene rings is 1. The minimum atomic E-state index is -3.78. The van der Waals surface area contributed by atoms with Crippen LogP contribution in [-0.2, 0) is 24.3 Å². The molecule has 1 saturated heterocycles. The monoisotopic (exact) mass is 416 g/mol. The normalized spacial score (nSPS) is 19.3. The molecule has 0 radical (unpaired) electrons. The van der Waals surface area contributed by atoms with Crippen molar-refractivity contribution in [1.29, 1.82) is 0 Å². The van der Waals surface area contributed by atoms with Gasteiger partial charge >= 0.3 is 5.97 Å². The standard InChI is InChI=1S/C17H21ClN2O6S/c1-11(16(21)19-12-2-3-12)26-17(22)14-10-13(4-5-15(14)18)27(23,24)20-6-8-25-9-7-20/h4-5,10-12H,2-3,6-9H2,1H3,(H,19,21)/t11-/m1/s1. The summed E-state index contributed by atoms with van der Waals surface area (Å²) in [5, 5.41) is 2.79. The summed E-state index contributed by atoms with van der Waals surface area (Å²) in [6.07, 6.45) is 0.827. The van der Waals surface area contributed by atoms with Gasteiger partial charge in [0.25, 0.3) is 5.91 Å². The Labute approximate surface area is 162 Å². The first-order chi connectivity index (χ1) is 12.8. The van der Waals surface area contributed by atoms with Crippen LogP contribution in [0.25, 0.3) is 0 Å². The van der Waals surface area contributed by atoms with Gasteiger partial charge in [-0.05, 0) is 38.0 Å². The number of amides is 1. The summed E-state index contributed by atoms with van der Waals surface area (Å²) < 4.78 is 37.1. The van der Waals surface area contributed by atoms with Gasteiger partial charge in [0.2, 0.25) is 10.0 Å². The molecular weight excluding hydrogens is 396 g/mol. The van der Waals surface area contributed by atoms with Gasteiger partial charge in [0.05, 0.1) is 28.7 Å². The Morgan fingerprint density at radius 2 is 1.96 bits per heavy atom. The fourth-order valence-electron chi connectivity index (χ4n) is 2.58. The van der Waals surface area contributed by atoms with E-state index in [1.54, 1.807) is 0 Å². The molecular formula is C17H21ClN2O6S. The third-order valence-electron chi connectivity index (χ3n) is 4.34.